The topological polar surface area (TPSA) is 95.6 Å². The second-order valence-corrected chi connectivity index (χ2v) is 3.64. The van der Waals surface area contributed by atoms with Gasteiger partial charge in [0.15, 0.2) is 0 Å². The van der Waals surface area contributed by atoms with Gasteiger partial charge in [-0.3, -0.25) is 4.68 Å². The summed E-state index contributed by atoms with van der Waals surface area (Å²) in [5, 5.41) is 0. The Hall–Kier alpha value is -2.44. The maximum atomic E-state index is 11.8. The summed E-state index contributed by atoms with van der Waals surface area (Å²) >= 11 is 0. The van der Waals surface area contributed by atoms with E-state index in [9.17, 15) is 9.59 Å². The summed E-state index contributed by atoms with van der Waals surface area (Å²) in [6.45, 7) is 3.67. The van der Waals surface area contributed by atoms with Crippen molar-refractivity contribution in [2.45, 2.75) is 13.8 Å². The maximum Gasteiger partial charge on any atom is 0.340 e. The van der Waals surface area contributed by atoms with Gasteiger partial charge in [0.1, 0.15) is 0 Å². The van der Waals surface area contributed by atoms with Crippen molar-refractivity contribution >= 4 is 18.1 Å². The predicted octanol–water partition coefficient (Wildman–Crippen LogP) is 1.21. The Bertz CT molecular complexity index is 505. The SMILES string of the molecule is CCOC(=O)c1cc(/C=C\OC)n(NC(N)=O)c1C. The fraction of sp³-hybridized carbons (Fsp3) is 0.333. The van der Waals surface area contributed by atoms with Gasteiger partial charge >= 0.3 is 12.0 Å². The average Bonchev–Trinajstić information content (AvgIpc) is 2.64. The number of esters is 1. The summed E-state index contributed by atoms with van der Waals surface area (Å²) in [6.07, 6.45) is 3.01. The number of rotatable bonds is 5. The minimum absolute atomic E-state index is 0.274. The van der Waals surface area contributed by atoms with E-state index in [1.54, 1.807) is 26.0 Å². The van der Waals surface area contributed by atoms with E-state index in [4.69, 9.17) is 15.2 Å². The summed E-state index contributed by atoms with van der Waals surface area (Å²) in [6, 6.07) is 0.847. The fourth-order valence-electron chi connectivity index (χ4n) is 1.57. The number of amides is 2. The molecule has 0 radical (unpaired) electrons. The second-order valence-electron chi connectivity index (χ2n) is 3.64. The van der Waals surface area contributed by atoms with Crippen molar-refractivity contribution in [2.24, 2.45) is 5.73 Å². The van der Waals surface area contributed by atoms with Crippen LogP contribution in [-0.2, 0) is 9.47 Å². The van der Waals surface area contributed by atoms with Crippen molar-refractivity contribution in [1.29, 1.82) is 0 Å². The summed E-state index contributed by atoms with van der Waals surface area (Å²) in [5.74, 6) is -0.461. The Labute approximate surface area is 110 Å². The summed E-state index contributed by atoms with van der Waals surface area (Å²) < 4.78 is 11.1. The quantitative estimate of drug-likeness (QED) is 0.619. The lowest BCUT2D eigenvalue weighted by Crippen LogP contribution is -2.29. The number of ether oxygens (including phenoxy) is 2. The van der Waals surface area contributed by atoms with Crippen molar-refractivity contribution in [1.82, 2.24) is 4.68 Å². The molecular weight excluding hydrogens is 250 g/mol. The molecule has 0 aliphatic heterocycles. The van der Waals surface area contributed by atoms with Crippen LogP contribution in [0.1, 0.15) is 28.7 Å². The molecule has 0 aliphatic rings. The summed E-state index contributed by atoms with van der Waals surface area (Å²) in [5.41, 5.74) is 8.92. The first-order valence-electron chi connectivity index (χ1n) is 5.66. The zero-order valence-corrected chi connectivity index (χ0v) is 11.1. The van der Waals surface area contributed by atoms with Gasteiger partial charge in [-0.2, -0.15) is 0 Å². The number of nitrogens with one attached hydrogen (secondary N) is 1. The first-order chi connectivity index (χ1) is 9.01. The molecular formula is C12H17N3O4. The molecule has 104 valence electrons. The van der Waals surface area contributed by atoms with E-state index in [0.717, 1.165) is 0 Å². The third-order valence-electron chi connectivity index (χ3n) is 2.37. The Morgan fingerprint density at radius 1 is 1.53 bits per heavy atom. The zero-order valence-electron chi connectivity index (χ0n) is 11.1. The molecule has 0 spiro atoms. The zero-order chi connectivity index (χ0) is 14.4. The Morgan fingerprint density at radius 2 is 2.21 bits per heavy atom. The van der Waals surface area contributed by atoms with Crippen LogP contribution in [0.4, 0.5) is 4.79 Å². The van der Waals surface area contributed by atoms with E-state index < -0.39 is 12.0 Å². The van der Waals surface area contributed by atoms with Crippen molar-refractivity contribution in [2.75, 3.05) is 19.1 Å². The molecule has 2 amide bonds. The van der Waals surface area contributed by atoms with Gasteiger partial charge < -0.3 is 15.2 Å². The van der Waals surface area contributed by atoms with Crippen molar-refractivity contribution in [3.8, 4) is 0 Å². The molecule has 0 atom stereocenters. The molecule has 1 aromatic heterocycles. The third kappa shape index (κ3) is 3.51. The number of primary amides is 1. The molecule has 0 saturated heterocycles. The molecule has 19 heavy (non-hydrogen) atoms. The third-order valence-corrected chi connectivity index (χ3v) is 2.37. The van der Waals surface area contributed by atoms with Crippen LogP contribution >= 0.6 is 0 Å². The van der Waals surface area contributed by atoms with Crippen LogP contribution in [0.25, 0.3) is 6.08 Å². The molecule has 1 heterocycles. The highest BCUT2D eigenvalue weighted by molar-refractivity contribution is 5.92. The minimum Gasteiger partial charge on any atom is -0.504 e. The molecule has 0 bridgehead atoms. The average molecular weight is 267 g/mol. The van der Waals surface area contributed by atoms with Crippen LogP contribution in [0.15, 0.2) is 12.3 Å². The van der Waals surface area contributed by atoms with Gasteiger partial charge in [0.2, 0.25) is 0 Å². The van der Waals surface area contributed by atoms with E-state index in [0.29, 0.717) is 17.0 Å². The number of hydrogen-bond donors (Lipinski definition) is 2. The maximum absolute atomic E-state index is 11.8. The number of carbonyl (C=O) groups is 2. The molecule has 1 aromatic rings. The highest BCUT2D eigenvalue weighted by atomic mass is 16.5. The number of aromatic nitrogens is 1. The van der Waals surface area contributed by atoms with Crippen LogP contribution < -0.4 is 11.2 Å². The predicted molar refractivity (Wildman–Crippen MR) is 70.1 cm³/mol. The molecule has 0 unspecified atom stereocenters. The minimum atomic E-state index is -0.735. The molecule has 3 N–H and O–H groups in total. The lowest BCUT2D eigenvalue weighted by molar-refractivity contribution is 0.0525. The van der Waals surface area contributed by atoms with Crippen molar-refractivity contribution in [3.63, 3.8) is 0 Å². The largest absolute Gasteiger partial charge is 0.504 e. The molecule has 0 aromatic carbocycles. The first-order valence-corrected chi connectivity index (χ1v) is 5.66. The number of carbonyl (C=O) groups excluding carboxylic acids is 2. The van der Waals surface area contributed by atoms with Gasteiger partial charge in [-0.15, -0.1) is 0 Å². The van der Waals surface area contributed by atoms with Crippen molar-refractivity contribution < 1.29 is 19.1 Å². The molecule has 1 rings (SSSR count). The fourth-order valence-corrected chi connectivity index (χ4v) is 1.57. The van der Waals surface area contributed by atoms with E-state index in [-0.39, 0.29) is 6.61 Å². The van der Waals surface area contributed by atoms with Crippen LogP contribution in [0.2, 0.25) is 0 Å². The van der Waals surface area contributed by atoms with Gasteiger partial charge in [0, 0.05) is 0 Å². The normalized spacial score (nSPS) is 10.5. The van der Waals surface area contributed by atoms with Gasteiger partial charge in [0.25, 0.3) is 0 Å². The number of methoxy groups -OCH3 is 1. The van der Waals surface area contributed by atoms with Crippen LogP contribution in [0.5, 0.6) is 0 Å². The molecule has 7 nitrogen and oxygen atoms in total. The lowest BCUT2D eigenvalue weighted by atomic mass is 10.2. The van der Waals surface area contributed by atoms with Crippen LogP contribution in [0, 0.1) is 6.92 Å². The monoisotopic (exact) mass is 267 g/mol. The molecule has 0 saturated carbocycles. The van der Waals surface area contributed by atoms with E-state index in [1.165, 1.54) is 18.0 Å². The standard InChI is InChI=1S/C12H17N3O4/c1-4-19-11(16)10-7-9(5-6-18-3)15(8(10)2)14-12(13)17/h5-7H,4H2,1-3H3,(H3,13,14,17)/b6-5-. The Morgan fingerprint density at radius 3 is 2.74 bits per heavy atom. The van der Waals surface area contributed by atoms with E-state index >= 15 is 0 Å². The lowest BCUT2D eigenvalue weighted by Gasteiger charge is -2.09. The van der Waals surface area contributed by atoms with Gasteiger partial charge in [-0.25, -0.2) is 15.0 Å². The highest BCUT2D eigenvalue weighted by Crippen LogP contribution is 2.16. The number of nitrogens with zero attached hydrogens (tertiary/aromatic N) is 1. The van der Waals surface area contributed by atoms with E-state index in [2.05, 4.69) is 5.43 Å². The smallest absolute Gasteiger partial charge is 0.340 e. The van der Waals surface area contributed by atoms with Crippen molar-refractivity contribution in [3.05, 3.63) is 29.3 Å². The number of nitrogens with two attached hydrogens (primary N) is 1. The first kappa shape index (κ1) is 14.6. The Kier molecular flexibility index (Phi) is 4.99. The van der Waals surface area contributed by atoms with Gasteiger partial charge in [-0.1, -0.05) is 0 Å². The number of hydrogen-bond acceptors (Lipinski definition) is 4. The molecule has 7 heteroatoms. The number of urea groups is 1. The van der Waals surface area contributed by atoms with Gasteiger partial charge in [0.05, 0.1) is 36.9 Å². The van der Waals surface area contributed by atoms with Crippen LogP contribution in [-0.4, -0.2) is 30.4 Å². The second kappa shape index (κ2) is 6.48. The molecule has 0 fully saturated rings. The summed E-state index contributed by atoms with van der Waals surface area (Å²) in [7, 11) is 1.49. The van der Waals surface area contributed by atoms with Crippen LogP contribution in [0.3, 0.4) is 0 Å². The summed E-state index contributed by atoms with van der Waals surface area (Å²) in [4.78, 5) is 22.7. The van der Waals surface area contributed by atoms with E-state index in [1.807, 2.05) is 0 Å². The Balaban J connectivity index is 3.21. The molecule has 0 aliphatic carbocycles. The van der Waals surface area contributed by atoms with Gasteiger partial charge in [-0.05, 0) is 26.0 Å². The highest BCUT2D eigenvalue weighted by Gasteiger charge is 2.18.